The summed E-state index contributed by atoms with van der Waals surface area (Å²) < 4.78 is 0. The van der Waals surface area contributed by atoms with Crippen molar-refractivity contribution in [2.75, 3.05) is 19.6 Å². The van der Waals surface area contributed by atoms with Gasteiger partial charge in [-0.25, -0.2) is 4.99 Å². The van der Waals surface area contributed by atoms with E-state index < -0.39 is 0 Å². The summed E-state index contributed by atoms with van der Waals surface area (Å²) in [6, 6.07) is 6.68. The minimum Gasteiger partial charge on any atom is -0.357 e. The van der Waals surface area contributed by atoms with Crippen molar-refractivity contribution in [3.05, 3.63) is 39.9 Å². The lowest BCUT2D eigenvalue weighted by molar-refractivity contribution is -0.384. The zero-order chi connectivity index (χ0) is 15.9. The fourth-order valence-electron chi connectivity index (χ4n) is 2.74. The van der Waals surface area contributed by atoms with Crippen molar-refractivity contribution in [2.24, 2.45) is 10.9 Å². The molecule has 23 heavy (non-hydrogen) atoms. The molecule has 6 nitrogen and oxygen atoms in total. The Balaban J connectivity index is 0.00000264. The van der Waals surface area contributed by atoms with Crippen molar-refractivity contribution < 1.29 is 4.92 Å². The summed E-state index contributed by atoms with van der Waals surface area (Å²) >= 11 is 0. The first-order valence-electron chi connectivity index (χ1n) is 7.86. The number of likely N-dealkylation sites (tertiary alicyclic amines) is 1. The molecule has 1 aromatic rings. The average Bonchev–Trinajstić information content (AvgIpc) is 2.51. The molecule has 1 N–H and O–H groups in total. The largest absolute Gasteiger partial charge is 0.357 e. The van der Waals surface area contributed by atoms with Crippen LogP contribution in [0.2, 0.25) is 0 Å². The van der Waals surface area contributed by atoms with Gasteiger partial charge in [0.05, 0.1) is 11.5 Å². The second-order valence-electron chi connectivity index (χ2n) is 5.79. The van der Waals surface area contributed by atoms with Crippen LogP contribution in [0, 0.1) is 16.0 Å². The van der Waals surface area contributed by atoms with Crippen LogP contribution >= 0.6 is 24.0 Å². The van der Waals surface area contributed by atoms with Crippen molar-refractivity contribution in [2.45, 2.75) is 33.2 Å². The van der Waals surface area contributed by atoms with Gasteiger partial charge in [0, 0.05) is 31.8 Å². The molecule has 0 saturated carbocycles. The normalized spacial score (nSPS) is 18.3. The predicted octanol–water partition coefficient (Wildman–Crippen LogP) is 3.41. The van der Waals surface area contributed by atoms with Crippen LogP contribution in [0.5, 0.6) is 0 Å². The van der Waals surface area contributed by atoms with E-state index in [0.717, 1.165) is 31.2 Å². The molecule has 1 aliphatic rings. The molecule has 1 aromatic carbocycles. The topological polar surface area (TPSA) is 70.8 Å². The standard InChI is InChI=1S/C16H24N4O2.HI/c1-3-17-16(19-9-5-6-13(2)12-19)18-11-14-7-4-8-15(10-14)20(21)22;/h4,7-8,10,13H,3,5-6,9,11-12H2,1-2H3,(H,17,18);1H. The maximum atomic E-state index is 10.8. The summed E-state index contributed by atoms with van der Waals surface area (Å²) in [5.41, 5.74) is 0.971. The van der Waals surface area contributed by atoms with Crippen molar-refractivity contribution >= 4 is 35.6 Å². The second kappa shape index (κ2) is 9.69. The Morgan fingerprint density at radius 1 is 1.52 bits per heavy atom. The minimum atomic E-state index is -0.370. The molecule has 0 amide bonds. The quantitative estimate of drug-likeness (QED) is 0.260. The molecule has 2 rings (SSSR count). The average molecular weight is 432 g/mol. The Morgan fingerprint density at radius 2 is 2.30 bits per heavy atom. The van der Waals surface area contributed by atoms with E-state index in [2.05, 4.69) is 29.1 Å². The number of hydrogen-bond acceptors (Lipinski definition) is 3. The highest BCUT2D eigenvalue weighted by atomic mass is 127. The third-order valence-corrected chi connectivity index (χ3v) is 3.82. The molecule has 0 aromatic heterocycles. The number of benzene rings is 1. The van der Waals surface area contributed by atoms with Crippen LogP contribution < -0.4 is 5.32 Å². The second-order valence-corrected chi connectivity index (χ2v) is 5.79. The Kier molecular flexibility index (Phi) is 8.29. The van der Waals surface area contributed by atoms with E-state index in [9.17, 15) is 10.1 Å². The zero-order valence-corrected chi connectivity index (χ0v) is 16.0. The maximum Gasteiger partial charge on any atom is 0.269 e. The summed E-state index contributed by atoms with van der Waals surface area (Å²) in [5, 5.41) is 14.1. The summed E-state index contributed by atoms with van der Waals surface area (Å²) in [6.07, 6.45) is 2.45. The van der Waals surface area contributed by atoms with Crippen LogP contribution in [0.15, 0.2) is 29.3 Å². The van der Waals surface area contributed by atoms with E-state index in [-0.39, 0.29) is 34.6 Å². The first-order valence-corrected chi connectivity index (χ1v) is 7.86. The van der Waals surface area contributed by atoms with E-state index in [0.29, 0.717) is 12.5 Å². The molecule has 1 fully saturated rings. The molecule has 1 heterocycles. The van der Waals surface area contributed by atoms with E-state index >= 15 is 0 Å². The number of rotatable bonds is 4. The fourth-order valence-corrected chi connectivity index (χ4v) is 2.74. The van der Waals surface area contributed by atoms with E-state index in [1.165, 1.54) is 18.9 Å². The Hall–Kier alpha value is -1.38. The van der Waals surface area contributed by atoms with Gasteiger partial charge >= 0.3 is 0 Å². The molecular weight excluding hydrogens is 407 g/mol. The van der Waals surface area contributed by atoms with E-state index in [1.54, 1.807) is 12.1 Å². The van der Waals surface area contributed by atoms with Gasteiger partial charge in [-0.15, -0.1) is 24.0 Å². The number of hydrogen-bond donors (Lipinski definition) is 1. The first kappa shape index (κ1) is 19.7. The number of non-ortho nitro benzene ring substituents is 1. The molecule has 1 unspecified atom stereocenters. The van der Waals surface area contributed by atoms with Crippen LogP contribution in [0.1, 0.15) is 32.3 Å². The summed E-state index contributed by atoms with van der Waals surface area (Å²) in [7, 11) is 0. The Morgan fingerprint density at radius 3 is 2.96 bits per heavy atom. The Bertz CT molecular complexity index is 551. The first-order chi connectivity index (χ1) is 10.6. The van der Waals surface area contributed by atoms with Gasteiger partial charge in [0.2, 0.25) is 0 Å². The summed E-state index contributed by atoms with van der Waals surface area (Å²) in [4.78, 5) is 17.4. The van der Waals surface area contributed by atoms with Crippen LogP contribution in [0.25, 0.3) is 0 Å². The lowest BCUT2D eigenvalue weighted by atomic mass is 10.0. The van der Waals surface area contributed by atoms with Gasteiger partial charge < -0.3 is 10.2 Å². The number of nitrogens with zero attached hydrogens (tertiary/aromatic N) is 3. The van der Waals surface area contributed by atoms with Gasteiger partial charge in [-0.05, 0) is 31.2 Å². The zero-order valence-electron chi connectivity index (χ0n) is 13.7. The molecule has 0 aliphatic carbocycles. The number of nitro groups is 1. The van der Waals surface area contributed by atoms with Crippen LogP contribution in [0.4, 0.5) is 5.69 Å². The van der Waals surface area contributed by atoms with Gasteiger partial charge in [-0.2, -0.15) is 0 Å². The van der Waals surface area contributed by atoms with Gasteiger partial charge in [-0.1, -0.05) is 19.1 Å². The SMILES string of the molecule is CCNC(=NCc1cccc([N+](=O)[O-])c1)N1CCCC(C)C1.I. The highest BCUT2D eigenvalue weighted by Crippen LogP contribution is 2.17. The van der Waals surface area contributed by atoms with Crippen LogP contribution in [0.3, 0.4) is 0 Å². The number of halogens is 1. The van der Waals surface area contributed by atoms with Crippen molar-refractivity contribution in [1.29, 1.82) is 0 Å². The van der Waals surface area contributed by atoms with Gasteiger partial charge in [-0.3, -0.25) is 10.1 Å². The maximum absolute atomic E-state index is 10.8. The number of nitrogens with one attached hydrogen (secondary N) is 1. The number of guanidine groups is 1. The van der Waals surface area contributed by atoms with Crippen molar-refractivity contribution in [1.82, 2.24) is 10.2 Å². The van der Waals surface area contributed by atoms with Crippen LogP contribution in [-0.4, -0.2) is 35.4 Å². The monoisotopic (exact) mass is 432 g/mol. The van der Waals surface area contributed by atoms with E-state index in [4.69, 9.17) is 0 Å². The number of aliphatic imine (C=N–C) groups is 1. The fraction of sp³-hybridized carbons (Fsp3) is 0.562. The molecule has 0 radical (unpaired) electrons. The molecule has 7 heteroatoms. The van der Waals surface area contributed by atoms with Crippen LogP contribution in [-0.2, 0) is 6.54 Å². The molecule has 128 valence electrons. The highest BCUT2D eigenvalue weighted by molar-refractivity contribution is 14.0. The molecule has 0 spiro atoms. The highest BCUT2D eigenvalue weighted by Gasteiger charge is 2.19. The van der Waals surface area contributed by atoms with Gasteiger partial charge in [0.1, 0.15) is 0 Å². The number of piperidine rings is 1. The van der Waals surface area contributed by atoms with Gasteiger partial charge in [0.15, 0.2) is 5.96 Å². The van der Waals surface area contributed by atoms with Gasteiger partial charge in [0.25, 0.3) is 5.69 Å². The third kappa shape index (κ3) is 5.96. The number of nitro benzene ring substituents is 1. The lowest BCUT2D eigenvalue weighted by Gasteiger charge is -2.33. The van der Waals surface area contributed by atoms with Crippen molar-refractivity contribution in [3.63, 3.8) is 0 Å². The molecule has 1 aliphatic heterocycles. The summed E-state index contributed by atoms with van der Waals surface area (Å²) in [5.74, 6) is 1.58. The molecular formula is C16H25IN4O2. The Labute approximate surface area is 154 Å². The molecule has 0 bridgehead atoms. The van der Waals surface area contributed by atoms with Crippen molar-refractivity contribution in [3.8, 4) is 0 Å². The minimum absolute atomic E-state index is 0. The lowest BCUT2D eigenvalue weighted by Crippen LogP contribution is -2.46. The smallest absolute Gasteiger partial charge is 0.269 e. The third-order valence-electron chi connectivity index (χ3n) is 3.82. The van der Waals surface area contributed by atoms with E-state index in [1.807, 2.05) is 6.07 Å². The summed E-state index contributed by atoms with van der Waals surface area (Å²) in [6.45, 7) is 7.62. The molecule has 1 atom stereocenters. The predicted molar refractivity (Wildman–Crippen MR) is 103 cm³/mol. The molecule has 1 saturated heterocycles.